The number of alkyl halides is 3. The first-order valence-electron chi connectivity index (χ1n) is 5.34. The second-order valence-electron chi connectivity index (χ2n) is 3.72. The Balaban J connectivity index is 2.16. The molecule has 0 radical (unpaired) electrons. The molecule has 0 aliphatic rings. The van der Waals surface area contributed by atoms with Gasteiger partial charge in [-0.15, -0.1) is 0 Å². The van der Waals surface area contributed by atoms with Crippen LogP contribution in [0, 0.1) is 0 Å². The minimum Gasteiger partial charge on any atom is -0.366 e. The third-order valence-electron chi connectivity index (χ3n) is 2.41. The molecule has 0 atom stereocenters. The summed E-state index contributed by atoms with van der Waals surface area (Å²) in [6.45, 7) is 0.00300. The summed E-state index contributed by atoms with van der Waals surface area (Å²) < 4.78 is 38.3. The Morgan fingerprint density at radius 1 is 1.16 bits per heavy atom. The maximum Gasteiger partial charge on any atom is 0.416 e. The van der Waals surface area contributed by atoms with Gasteiger partial charge < -0.3 is 5.32 Å². The molecule has 0 saturated heterocycles. The second kappa shape index (κ2) is 5.44. The second-order valence-corrected chi connectivity index (χ2v) is 4.06. The number of halogens is 4. The molecule has 0 amide bonds. The lowest BCUT2D eigenvalue weighted by molar-refractivity contribution is -0.138. The summed E-state index contributed by atoms with van der Waals surface area (Å²) in [5.74, 6) is 0.372. The molecule has 0 bridgehead atoms. The van der Waals surface area contributed by atoms with Crippen LogP contribution in [0.15, 0.2) is 36.5 Å². The van der Waals surface area contributed by atoms with E-state index in [4.69, 9.17) is 11.6 Å². The number of nitrogens with one attached hydrogen (secondary N) is 1. The van der Waals surface area contributed by atoms with Crippen LogP contribution in [0.2, 0.25) is 5.28 Å². The SMILES string of the molecule is FC(F)(F)c1ccccc1CNc1ccnc(Cl)n1. The molecule has 19 heavy (non-hydrogen) atoms. The van der Waals surface area contributed by atoms with Gasteiger partial charge in [0.25, 0.3) is 0 Å². The quantitative estimate of drug-likeness (QED) is 0.874. The van der Waals surface area contributed by atoms with E-state index in [-0.39, 0.29) is 17.4 Å². The van der Waals surface area contributed by atoms with Crippen LogP contribution < -0.4 is 5.32 Å². The number of nitrogens with zero attached hydrogens (tertiary/aromatic N) is 2. The van der Waals surface area contributed by atoms with Gasteiger partial charge >= 0.3 is 6.18 Å². The van der Waals surface area contributed by atoms with Crippen LogP contribution in [-0.4, -0.2) is 9.97 Å². The van der Waals surface area contributed by atoms with E-state index in [0.717, 1.165) is 6.07 Å². The van der Waals surface area contributed by atoms with Crippen LogP contribution in [0.4, 0.5) is 19.0 Å². The van der Waals surface area contributed by atoms with Gasteiger partial charge in [-0.1, -0.05) is 18.2 Å². The molecule has 3 nitrogen and oxygen atoms in total. The summed E-state index contributed by atoms with van der Waals surface area (Å²) in [4.78, 5) is 7.53. The molecule has 7 heteroatoms. The average molecular weight is 288 g/mol. The van der Waals surface area contributed by atoms with Crippen molar-refractivity contribution in [3.8, 4) is 0 Å². The number of aromatic nitrogens is 2. The van der Waals surface area contributed by atoms with Crippen molar-refractivity contribution in [2.45, 2.75) is 12.7 Å². The van der Waals surface area contributed by atoms with Crippen molar-refractivity contribution in [1.29, 1.82) is 0 Å². The van der Waals surface area contributed by atoms with Gasteiger partial charge in [-0.05, 0) is 29.3 Å². The first kappa shape index (κ1) is 13.6. The fraction of sp³-hybridized carbons (Fsp3) is 0.167. The van der Waals surface area contributed by atoms with E-state index in [9.17, 15) is 13.2 Å². The zero-order valence-corrected chi connectivity index (χ0v) is 10.3. The molecule has 0 spiro atoms. The van der Waals surface area contributed by atoms with Gasteiger partial charge in [0.2, 0.25) is 5.28 Å². The Labute approximate surface area is 112 Å². The smallest absolute Gasteiger partial charge is 0.366 e. The molecule has 1 aromatic carbocycles. The van der Waals surface area contributed by atoms with E-state index in [1.807, 2.05) is 0 Å². The maximum atomic E-state index is 12.8. The van der Waals surface area contributed by atoms with Crippen molar-refractivity contribution in [3.05, 3.63) is 52.9 Å². The average Bonchev–Trinajstić information content (AvgIpc) is 2.36. The molecule has 0 saturated carbocycles. The van der Waals surface area contributed by atoms with E-state index in [0.29, 0.717) is 5.82 Å². The third-order valence-corrected chi connectivity index (χ3v) is 2.59. The van der Waals surface area contributed by atoms with Crippen molar-refractivity contribution in [3.63, 3.8) is 0 Å². The highest BCUT2D eigenvalue weighted by atomic mass is 35.5. The van der Waals surface area contributed by atoms with Crippen LogP contribution in [0.5, 0.6) is 0 Å². The fourth-order valence-electron chi connectivity index (χ4n) is 1.57. The zero-order valence-electron chi connectivity index (χ0n) is 9.58. The molecule has 1 N–H and O–H groups in total. The zero-order chi connectivity index (χ0) is 13.9. The van der Waals surface area contributed by atoms with Crippen LogP contribution in [0.1, 0.15) is 11.1 Å². The first-order chi connectivity index (χ1) is 8.97. The van der Waals surface area contributed by atoms with Gasteiger partial charge in [0, 0.05) is 12.7 Å². The van der Waals surface area contributed by atoms with Crippen molar-refractivity contribution in [1.82, 2.24) is 9.97 Å². The molecule has 2 aromatic rings. The highest BCUT2D eigenvalue weighted by Crippen LogP contribution is 2.32. The molecule has 0 aliphatic carbocycles. The number of hydrogen-bond acceptors (Lipinski definition) is 3. The molecule has 1 aromatic heterocycles. The highest BCUT2D eigenvalue weighted by Gasteiger charge is 2.32. The Kier molecular flexibility index (Phi) is 3.90. The number of rotatable bonds is 3. The van der Waals surface area contributed by atoms with Crippen LogP contribution in [0.25, 0.3) is 0 Å². The molecule has 0 fully saturated rings. The van der Waals surface area contributed by atoms with Gasteiger partial charge in [0.05, 0.1) is 5.56 Å². The standard InChI is InChI=1S/C12H9ClF3N3/c13-11-17-6-5-10(19-11)18-7-8-3-1-2-4-9(8)12(14,15)16/h1-6H,7H2,(H,17,18,19). The summed E-state index contributed by atoms with van der Waals surface area (Å²) >= 11 is 5.59. The van der Waals surface area contributed by atoms with Gasteiger partial charge in [-0.3, -0.25) is 0 Å². The number of anilines is 1. The lowest BCUT2D eigenvalue weighted by Crippen LogP contribution is -2.12. The topological polar surface area (TPSA) is 37.8 Å². The molecule has 0 aliphatic heterocycles. The molecule has 0 unspecified atom stereocenters. The van der Waals surface area contributed by atoms with Crippen molar-refractivity contribution in [2.75, 3.05) is 5.32 Å². The van der Waals surface area contributed by atoms with Gasteiger partial charge in [-0.25, -0.2) is 9.97 Å². The van der Waals surface area contributed by atoms with E-state index in [1.54, 1.807) is 6.07 Å². The summed E-state index contributed by atoms with van der Waals surface area (Å²) in [6, 6.07) is 6.90. The molecule has 1 heterocycles. The Morgan fingerprint density at radius 3 is 2.58 bits per heavy atom. The predicted molar refractivity (Wildman–Crippen MR) is 65.8 cm³/mol. The molecular formula is C12H9ClF3N3. The maximum absolute atomic E-state index is 12.8. The number of hydrogen-bond donors (Lipinski definition) is 1. The lowest BCUT2D eigenvalue weighted by Gasteiger charge is -2.13. The Bertz CT molecular complexity index is 572. The lowest BCUT2D eigenvalue weighted by atomic mass is 10.1. The third kappa shape index (κ3) is 3.57. The van der Waals surface area contributed by atoms with E-state index < -0.39 is 11.7 Å². The predicted octanol–water partition coefficient (Wildman–Crippen LogP) is 3.76. The van der Waals surface area contributed by atoms with Gasteiger partial charge in [0.15, 0.2) is 0 Å². The summed E-state index contributed by atoms with van der Waals surface area (Å²) in [7, 11) is 0. The number of benzene rings is 1. The van der Waals surface area contributed by atoms with Gasteiger partial charge in [-0.2, -0.15) is 13.2 Å². The monoisotopic (exact) mass is 287 g/mol. The molecular weight excluding hydrogens is 279 g/mol. The van der Waals surface area contributed by atoms with E-state index >= 15 is 0 Å². The van der Waals surface area contributed by atoms with Crippen molar-refractivity contribution < 1.29 is 13.2 Å². The highest BCUT2D eigenvalue weighted by molar-refractivity contribution is 6.28. The normalized spacial score (nSPS) is 11.4. The Hall–Kier alpha value is -1.82. The molecule has 2 rings (SSSR count). The van der Waals surface area contributed by atoms with Crippen LogP contribution >= 0.6 is 11.6 Å². The first-order valence-corrected chi connectivity index (χ1v) is 5.72. The van der Waals surface area contributed by atoms with E-state index in [1.165, 1.54) is 24.4 Å². The van der Waals surface area contributed by atoms with Crippen molar-refractivity contribution >= 4 is 17.4 Å². The minimum absolute atomic E-state index is 0.00300. The molecule has 100 valence electrons. The van der Waals surface area contributed by atoms with Crippen LogP contribution in [0.3, 0.4) is 0 Å². The van der Waals surface area contributed by atoms with Crippen molar-refractivity contribution in [2.24, 2.45) is 0 Å². The largest absolute Gasteiger partial charge is 0.416 e. The minimum atomic E-state index is -4.37. The van der Waals surface area contributed by atoms with E-state index in [2.05, 4.69) is 15.3 Å². The summed E-state index contributed by atoms with van der Waals surface area (Å²) in [5.41, 5.74) is -0.521. The van der Waals surface area contributed by atoms with Crippen LogP contribution in [-0.2, 0) is 12.7 Å². The summed E-state index contributed by atoms with van der Waals surface area (Å²) in [5, 5.41) is 2.81. The fourth-order valence-corrected chi connectivity index (χ4v) is 1.72. The van der Waals surface area contributed by atoms with Gasteiger partial charge in [0.1, 0.15) is 5.82 Å². The Morgan fingerprint density at radius 2 is 1.89 bits per heavy atom. The summed E-state index contributed by atoms with van der Waals surface area (Å²) in [6.07, 6.45) is -2.95.